The molecule has 8 nitrogen and oxygen atoms in total. The molecule has 0 atom stereocenters. The van der Waals surface area contributed by atoms with Gasteiger partial charge in [0, 0.05) is 12.1 Å². The summed E-state index contributed by atoms with van der Waals surface area (Å²) in [6, 6.07) is 13.0. The van der Waals surface area contributed by atoms with E-state index >= 15 is 0 Å². The molecule has 3 aromatic rings. The Morgan fingerprint density at radius 2 is 1.92 bits per heavy atom. The summed E-state index contributed by atoms with van der Waals surface area (Å²) in [6.07, 6.45) is 1.81. The van der Waals surface area contributed by atoms with Gasteiger partial charge in [0.2, 0.25) is 0 Å². The minimum atomic E-state index is -0.467. The van der Waals surface area contributed by atoms with E-state index in [0.717, 1.165) is 0 Å². The molecule has 26 heavy (non-hydrogen) atoms. The summed E-state index contributed by atoms with van der Waals surface area (Å²) in [7, 11) is 0. The van der Waals surface area contributed by atoms with E-state index in [-0.39, 0.29) is 11.2 Å². The number of rotatable bonds is 3. The van der Waals surface area contributed by atoms with Crippen molar-refractivity contribution in [2.24, 2.45) is 4.99 Å². The number of thioether (sulfide) groups is 1. The van der Waals surface area contributed by atoms with Crippen molar-refractivity contribution in [3.8, 4) is 0 Å². The quantitative estimate of drug-likeness (QED) is 0.329. The first-order chi connectivity index (χ1) is 12.5. The molecule has 2 aromatic carbocycles. The average Bonchev–Trinajstić information content (AvgIpc) is 2.64. The molecule has 0 aliphatic carbocycles. The maximum atomic E-state index is 12.7. The van der Waals surface area contributed by atoms with Crippen LogP contribution in [0.1, 0.15) is 5.82 Å². The van der Waals surface area contributed by atoms with Crippen LogP contribution in [0.15, 0.2) is 58.3 Å². The van der Waals surface area contributed by atoms with E-state index in [1.54, 1.807) is 37.3 Å². The van der Waals surface area contributed by atoms with Gasteiger partial charge >= 0.3 is 0 Å². The van der Waals surface area contributed by atoms with Gasteiger partial charge in [-0.2, -0.15) is 0 Å². The molecule has 3 rings (SSSR count). The third-order valence-electron chi connectivity index (χ3n) is 3.64. The first-order valence-electron chi connectivity index (χ1n) is 7.62. The van der Waals surface area contributed by atoms with Crippen LogP contribution in [0.2, 0.25) is 0 Å². The Labute approximate surface area is 152 Å². The third kappa shape index (κ3) is 3.57. The number of hydrogen-bond acceptors (Lipinski definition) is 6. The normalized spacial score (nSPS) is 11.5. The van der Waals surface area contributed by atoms with Gasteiger partial charge in [0.05, 0.1) is 21.5 Å². The molecule has 0 saturated heterocycles. The van der Waals surface area contributed by atoms with Gasteiger partial charge in [0.1, 0.15) is 5.82 Å². The number of amidine groups is 1. The van der Waals surface area contributed by atoms with Crippen molar-refractivity contribution in [3.63, 3.8) is 0 Å². The number of aryl methyl sites for hydroxylation is 1. The van der Waals surface area contributed by atoms with Crippen LogP contribution in [-0.2, 0) is 0 Å². The van der Waals surface area contributed by atoms with E-state index in [9.17, 15) is 14.9 Å². The Bertz CT molecular complexity index is 1060. The topological polar surface area (TPSA) is 102 Å². The van der Waals surface area contributed by atoms with E-state index in [0.29, 0.717) is 27.6 Å². The Hall–Kier alpha value is -3.20. The molecule has 0 aliphatic rings. The summed E-state index contributed by atoms with van der Waals surface area (Å²) in [5.74, 6) is 0.499. The molecule has 0 unspecified atom stereocenters. The number of non-ortho nitro benzene ring substituents is 1. The fourth-order valence-electron chi connectivity index (χ4n) is 2.35. The lowest BCUT2D eigenvalue weighted by atomic mass is 10.2. The molecule has 0 aliphatic heterocycles. The zero-order valence-electron chi connectivity index (χ0n) is 14.0. The first-order valence-corrected chi connectivity index (χ1v) is 8.84. The zero-order chi connectivity index (χ0) is 18.7. The highest BCUT2D eigenvalue weighted by Crippen LogP contribution is 2.19. The van der Waals surface area contributed by atoms with Crippen molar-refractivity contribution in [1.29, 1.82) is 0 Å². The van der Waals surface area contributed by atoms with Crippen LogP contribution in [0.4, 0.5) is 11.4 Å². The maximum absolute atomic E-state index is 12.7. The van der Waals surface area contributed by atoms with Crippen LogP contribution in [0.3, 0.4) is 0 Å². The van der Waals surface area contributed by atoms with Crippen molar-refractivity contribution in [1.82, 2.24) is 9.66 Å². The minimum Gasteiger partial charge on any atom is -0.268 e. The van der Waals surface area contributed by atoms with E-state index in [4.69, 9.17) is 0 Å². The van der Waals surface area contributed by atoms with Crippen LogP contribution in [-0.4, -0.2) is 26.0 Å². The molecule has 132 valence electrons. The number of aliphatic imine (C=N–C) groups is 1. The SMILES string of the molecule is CSC(=Nc1ccc([N+](=O)[O-])cc1)Nn1c(C)nc2ccccc2c1=O. The van der Waals surface area contributed by atoms with Crippen molar-refractivity contribution >= 4 is 39.2 Å². The molecule has 0 saturated carbocycles. The molecular weight excluding hydrogens is 354 g/mol. The monoisotopic (exact) mass is 369 g/mol. The van der Waals surface area contributed by atoms with Crippen molar-refractivity contribution in [3.05, 3.63) is 74.8 Å². The highest BCUT2D eigenvalue weighted by atomic mass is 32.2. The number of benzene rings is 2. The Morgan fingerprint density at radius 1 is 1.23 bits per heavy atom. The van der Waals surface area contributed by atoms with Gasteiger partial charge < -0.3 is 0 Å². The number of nitro benzene ring substituents is 1. The van der Waals surface area contributed by atoms with Crippen molar-refractivity contribution in [2.45, 2.75) is 6.92 Å². The summed E-state index contributed by atoms with van der Waals surface area (Å²) in [4.78, 5) is 31.8. The second-order valence-electron chi connectivity index (χ2n) is 5.32. The largest absolute Gasteiger partial charge is 0.280 e. The van der Waals surface area contributed by atoms with Gasteiger partial charge in [0.15, 0.2) is 5.17 Å². The molecule has 1 heterocycles. The van der Waals surface area contributed by atoms with E-state index in [2.05, 4.69) is 15.4 Å². The van der Waals surface area contributed by atoms with Gasteiger partial charge in [-0.1, -0.05) is 23.9 Å². The van der Waals surface area contributed by atoms with E-state index in [1.165, 1.54) is 28.6 Å². The molecule has 0 fully saturated rings. The van der Waals surface area contributed by atoms with E-state index < -0.39 is 4.92 Å². The Balaban J connectivity index is 1.96. The lowest BCUT2D eigenvalue weighted by Crippen LogP contribution is -2.34. The predicted molar refractivity (Wildman–Crippen MR) is 104 cm³/mol. The van der Waals surface area contributed by atoms with Gasteiger partial charge in [-0.15, -0.1) is 0 Å². The van der Waals surface area contributed by atoms with Crippen LogP contribution in [0.5, 0.6) is 0 Å². The lowest BCUT2D eigenvalue weighted by molar-refractivity contribution is -0.384. The van der Waals surface area contributed by atoms with Crippen LogP contribution in [0, 0.1) is 17.0 Å². The smallest absolute Gasteiger partial charge is 0.268 e. The number of para-hydroxylation sites is 1. The summed E-state index contributed by atoms with van der Waals surface area (Å²) >= 11 is 1.31. The number of nitrogens with zero attached hydrogens (tertiary/aromatic N) is 4. The number of nitrogens with one attached hydrogen (secondary N) is 1. The Morgan fingerprint density at radius 3 is 2.58 bits per heavy atom. The lowest BCUT2D eigenvalue weighted by Gasteiger charge is -2.13. The number of nitro groups is 1. The molecule has 0 radical (unpaired) electrons. The van der Waals surface area contributed by atoms with Crippen LogP contribution >= 0.6 is 11.8 Å². The molecule has 1 aromatic heterocycles. The number of fused-ring (bicyclic) bond motifs is 1. The van der Waals surface area contributed by atoms with Crippen molar-refractivity contribution < 1.29 is 4.92 Å². The molecule has 0 bridgehead atoms. The second-order valence-corrected chi connectivity index (χ2v) is 6.12. The Kier molecular flexibility index (Phi) is 4.99. The summed E-state index contributed by atoms with van der Waals surface area (Å²) in [5.41, 5.74) is 3.90. The zero-order valence-corrected chi connectivity index (χ0v) is 14.9. The van der Waals surface area contributed by atoms with E-state index in [1.807, 2.05) is 12.3 Å². The molecule has 1 N–H and O–H groups in total. The minimum absolute atomic E-state index is 0.00611. The molecule has 9 heteroatoms. The highest BCUT2D eigenvalue weighted by molar-refractivity contribution is 8.13. The predicted octanol–water partition coefficient (Wildman–Crippen LogP) is 3.21. The summed E-state index contributed by atoms with van der Waals surface area (Å²) in [6.45, 7) is 1.73. The van der Waals surface area contributed by atoms with Gasteiger partial charge in [-0.05, 0) is 37.4 Å². The average molecular weight is 369 g/mol. The second kappa shape index (κ2) is 7.36. The summed E-state index contributed by atoms with van der Waals surface area (Å²) in [5, 5.41) is 11.7. The standard InChI is InChI=1S/C17H15N5O3S/c1-11-18-15-6-4-3-5-14(15)16(23)21(11)20-17(26-2)19-12-7-9-13(10-8-12)22(24)25/h3-10H,1-2H3,(H,19,20). The van der Waals surface area contributed by atoms with Crippen LogP contribution in [0.25, 0.3) is 10.9 Å². The third-order valence-corrected chi connectivity index (χ3v) is 4.20. The molecular formula is C17H15N5O3S. The fraction of sp³-hybridized carbons (Fsp3) is 0.118. The van der Waals surface area contributed by atoms with Crippen LogP contribution < -0.4 is 11.0 Å². The first kappa shape index (κ1) is 17.6. The van der Waals surface area contributed by atoms with Gasteiger partial charge in [-0.3, -0.25) is 20.3 Å². The fourth-order valence-corrected chi connectivity index (χ4v) is 2.73. The number of hydrogen-bond donors (Lipinski definition) is 1. The van der Waals surface area contributed by atoms with Gasteiger partial charge in [0.25, 0.3) is 11.2 Å². The summed E-state index contributed by atoms with van der Waals surface area (Å²) < 4.78 is 1.34. The van der Waals surface area contributed by atoms with Crippen molar-refractivity contribution in [2.75, 3.05) is 11.7 Å². The maximum Gasteiger partial charge on any atom is 0.280 e. The van der Waals surface area contributed by atoms with Gasteiger partial charge in [-0.25, -0.2) is 14.7 Å². The highest BCUT2D eigenvalue weighted by Gasteiger charge is 2.10. The molecule has 0 spiro atoms. The molecule has 0 amide bonds. The number of aromatic nitrogens is 2.